The molecule has 2 N–H and O–H groups in total. The van der Waals surface area contributed by atoms with E-state index in [2.05, 4.69) is 10.3 Å². The summed E-state index contributed by atoms with van der Waals surface area (Å²) in [6.07, 6.45) is 3.99. The van der Waals surface area contributed by atoms with Gasteiger partial charge in [0.25, 0.3) is 0 Å². The Morgan fingerprint density at radius 1 is 1.53 bits per heavy atom. The van der Waals surface area contributed by atoms with Crippen molar-refractivity contribution in [3.8, 4) is 0 Å². The number of fused-ring (bicyclic) bond motifs is 1. The lowest BCUT2D eigenvalue weighted by Crippen LogP contribution is -2.46. The number of aromatic nitrogens is 2. The minimum absolute atomic E-state index is 0.0941. The van der Waals surface area contributed by atoms with Crippen molar-refractivity contribution in [2.75, 3.05) is 6.61 Å². The average Bonchev–Trinajstić information content (AvgIpc) is 2.69. The highest BCUT2D eigenvalue weighted by atomic mass is 16.3. The number of pyridine rings is 1. The zero-order chi connectivity index (χ0) is 14.0. The predicted octanol–water partition coefficient (Wildman–Crippen LogP) is 1.07. The lowest BCUT2D eigenvalue weighted by atomic mass is 10.1. The van der Waals surface area contributed by atoms with Crippen molar-refractivity contribution in [1.82, 2.24) is 14.7 Å². The molecule has 0 atom stereocenters. The summed E-state index contributed by atoms with van der Waals surface area (Å²) in [4.78, 5) is 16.3. The van der Waals surface area contributed by atoms with Crippen molar-refractivity contribution in [1.29, 1.82) is 0 Å². The monoisotopic (exact) mass is 261 g/mol. The number of hydrogen-bond donors (Lipinski definition) is 2. The van der Waals surface area contributed by atoms with E-state index in [-0.39, 0.29) is 18.9 Å². The Labute approximate surface area is 112 Å². The van der Waals surface area contributed by atoms with Crippen LogP contribution in [0.5, 0.6) is 0 Å². The molecule has 0 fully saturated rings. The Balaban J connectivity index is 2.11. The van der Waals surface area contributed by atoms with Gasteiger partial charge in [0.05, 0.1) is 24.3 Å². The summed E-state index contributed by atoms with van der Waals surface area (Å²) < 4.78 is 1.90. The first-order valence-electron chi connectivity index (χ1n) is 6.26. The van der Waals surface area contributed by atoms with Crippen molar-refractivity contribution in [3.05, 3.63) is 35.8 Å². The number of carbonyl (C=O) groups excluding carboxylic acids is 1. The molecule has 0 aliphatic carbocycles. The highest BCUT2D eigenvalue weighted by molar-refractivity contribution is 5.79. The Bertz CT molecular complexity index is 602. The Kier molecular flexibility index (Phi) is 3.57. The number of hydrogen-bond acceptors (Lipinski definition) is 3. The van der Waals surface area contributed by atoms with Crippen molar-refractivity contribution in [2.45, 2.75) is 32.7 Å². The lowest BCUT2D eigenvalue weighted by molar-refractivity contribution is -0.122. The third-order valence-corrected chi connectivity index (χ3v) is 2.88. The second-order valence-corrected chi connectivity index (χ2v) is 5.47. The number of aliphatic hydroxyl groups is 1. The summed E-state index contributed by atoms with van der Waals surface area (Å²) >= 11 is 0. The van der Waals surface area contributed by atoms with Crippen LogP contribution < -0.4 is 5.32 Å². The van der Waals surface area contributed by atoms with E-state index in [1.165, 1.54) is 0 Å². The predicted molar refractivity (Wildman–Crippen MR) is 72.9 cm³/mol. The second-order valence-electron chi connectivity index (χ2n) is 5.47. The highest BCUT2D eigenvalue weighted by Gasteiger charge is 2.19. The van der Waals surface area contributed by atoms with E-state index >= 15 is 0 Å². The average molecular weight is 261 g/mol. The van der Waals surface area contributed by atoms with Crippen molar-refractivity contribution in [2.24, 2.45) is 0 Å². The molecule has 19 heavy (non-hydrogen) atoms. The van der Waals surface area contributed by atoms with E-state index in [4.69, 9.17) is 5.11 Å². The maximum atomic E-state index is 11.9. The molecule has 0 aliphatic rings. The number of aliphatic hydroxyl groups excluding tert-OH is 1. The zero-order valence-corrected chi connectivity index (χ0v) is 11.5. The van der Waals surface area contributed by atoms with E-state index in [1.54, 1.807) is 13.8 Å². The van der Waals surface area contributed by atoms with Gasteiger partial charge in [-0.15, -0.1) is 0 Å². The van der Waals surface area contributed by atoms with Gasteiger partial charge in [-0.05, 0) is 38.5 Å². The normalized spacial score (nSPS) is 11.8. The molecule has 0 unspecified atom stereocenters. The third kappa shape index (κ3) is 3.32. The smallest absolute Gasteiger partial charge is 0.226 e. The number of carbonyl (C=O) groups is 1. The molecule has 0 radical (unpaired) electrons. The largest absolute Gasteiger partial charge is 0.394 e. The van der Waals surface area contributed by atoms with Gasteiger partial charge < -0.3 is 14.8 Å². The maximum Gasteiger partial charge on any atom is 0.226 e. The number of rotatable bonds is 4. The topological polar surface area (TPSA) is 66.6 Å². The molecule has 2 aromatic rings. The molecule has 5 heteroatoms. The highest BCUT2D eigenvalue weighted by Crippen LogP contribution is 2.09. The second kappa shape index (κ2) is 5.01. The van der Waals surface area contributed by atoms with Crippen LogP contribution in [0.25, 0.3) is 5.65 Å². The van der Waals surface area contributed by atoms with E-state index < -0.39 is 5.54 Å². The SMILES string of the molecule is Cc1ccn2cc(CC(=O)NC(C)(C)CO)nc2c1. The van der Waals surface area contributed by atoms with Gasteiger partial charge in [-0.25, -0.2) is 4.98 Å². The molecule has 2 heterocycles. The summed E-state index contributed by atoms with van der Waals surface area (Å²) in [6, 6.07) is 3.96. The third-order valence-electron chi connectivity index (χ3n) is 2.88. The van der Waals surface area contributed by atoms with Gasteiger partial charge in [0.2, 0.25) is 5.91 Å². The van der Waals surface area contributed by atoms with E-state index in [0.717, 1.165) is 16.9 Å². The van der Waals surface area contributed by atoms with Gasteiger partial charge in [0.15, 0.2) is 0 Å². The van der Waals surface area contributed by atoms with Crippen LogP contribution in [0.2, 0.25) is 0 Å². The van der Waals surface area contributed by atoms with Gasteiger partial charge in [0, 0.05) is 12.4 Å². The van der Waals surface area contributed by atoms with Crippen LogP contribution in [0.1, 0.15) is 25.1 Å². The summed E-state index contributed by atoms with van der Waals surface area (Å²) in [5.74, 6) is -0.140. The number of imidazole rings is 1. The van der Waals surface area contributed by atoms with Gasteiger partial charge in [-0.2, -0.15) is 0 Å². The fourth-order valence-corrected chi connectivity index (χ4v) is 1.85. The van der Waals surface area contributed by atoms with Crippen LogP contribution in [0.4, 0.5) is 0 Å². The molecule has 1 amide bonds. The molecule has 0 saturated carbocycles. The van der Waals surface area contributed by atoms with Crippen LogP contribution >= 0.6 is 0 Å². The zero-order valence-electron chi connectivity index (χ0n) is 11.5. The number of amides is 1. The van der Waals surface area contributed by atoms with Crippen molar-refractivity contribution < 1.29 is 9.90 Å². The Hall–Kier alpha value is -1.88. The van der Waals surface area contributed by atoms with Crippen LogP contribution in [-0.2, 0) is 11.2 Å². The number of nitrogens with one attached hydrogen (secondary N) is 1. The quantitative estimate of drug-likeness (QED) is 0.865. The van der Waals surface area contributed by atoms with Crippen LogP contribution in [0, 0.1) is 6.92 Å². The molecular formula is C14H19N3O2. The minimum atomic E-state index is -0.604. The molecule has 0 spiro atoms. The Morgan fingerprint density at radius 3 is 2.95 bits per heavy atom. The summed E-state index contributed by atoms with van der Waals surface area (Å²) in [5, 5.41) is 11.9. The molecule has 0 aliphatic heterocycles. The summed E-state index contributed by atoms with van der Waals surface area (Å²) in [5.41, 5.74) is 2.09. The first-order valence-corrected chi connectivity index (χ1v) is 6.26. The maximum absolute atomic E-state index is 11.9. The van der Waals surface area contributed by atoms with Crippen LogP contribution in [0.15, 0.2) is 24.5 Å². The molecule has 0 saturated heterocycles. The van der Waals surface area contributed by atoms with Gasteiger partial charge in [-0.1, -0.05) is 0 Å². The van der Waals surface area contributed by atoms with Crippen molar-refractivity contribution >= 4 is 11.6 Å². The number of nitrogens with zero attached hydrogens (tertiary/aromatic N) is 2. The summed E-state index contributed by atoms with van der Waals surface area (Å²) in [6.45, 7) is 5.46. The molecule has 5 nitrogen and oxygen atoms in total. The molecular weight excluding hydrogens is 242 g/mol. The van der Waals surface area contributed by atoms with Gasteiger partial charge >= 0.3 is 0 Å². The standard InChI is InChI=1S/C14H19N3O2/c1-10-4-5-17-8-11(15-12(17)6-10)7-13(19)16-14(2,3)9-18/h4-6,8,18H,7,9H2,1-3H3,(H,16,19). The van der Waals surface area contributed by atoms with E-state index in [0.29, 0.717) is 0 Å². The van der Waals surface area contributed by atoms with Gasteiger partial charge in [0.1, 0.15) is 5.65 Å². The fourth-order valence-electron chi connectivity index (χ4n) is 1.85. The van der Waals surface area contributed by atoms with Crippen LogP contribution in [0.3, 0.4) is 0 Å². The van der Waals surface area contributed by atoms with Crippen molar-refractivity contribution in [3.63, 3.8) is 0 Å². The molecule has 2 aromatic heterocycles. The molecule has 2 rings (SSSR count). The van der Waals surface area contributed by atoms with Gasteiger partial charge in [-0.3, -0.25) is 4.79 Å². The molecule has 102 valence electrons. The van der Waals surface area contributed by atoms with E-state index in [1.807, 2.05) is 35.9 Å². The number of aryl methyl sites for hydroxylation is 1. The van der Waals surface area contributed by atoms with Crippen LogP contribution in [-0.4, -0.2) is 32.5 Å². The summed E-state index contributed by atoms with van der Waals surface area (Å²) in [7, 11) is 0. The fraction of sp³-hybridized carbons (Fsp3) is 0.429. The first kappa shape index (κ1) is 13.5. The molecule has 0 aromatic carbocycles. The minimum Gasteiger partial charge on any atom is -0.394 e. The Morgan fingerprint density at radius 2 is 2.26 bits per heavy atom. The van der Waals surface area contributed by atoms with E-state index in [9.17, 15) is 4.79 Å². The lowest BCUT2D eigenvalue weighted by Gasteiger charge is -2.23. The first-order chi connectivity index (χ1) is 8.89. The molecule has 0 bridgehead atoms.